The first-order chi connectivity index (χ1) is 5.02. The summed E-state index contributed by atoms with van der Waals surface area (Å²) in [4.78, 5) is 21.0. The van der Waals surface area contributed by atoms with E-state index in [0.717, 1.165) is 6.42 Å². The molecule has 0 saturated carbocycles. The number of hydrogen-bond donors (Lipinski definition) is 0. The molecule has 2 nitrogen and oxygen atoms in total. The third-order valence-corrected chi connectivity index (χ3v) is 1.94. The second kappa shape index (κ2) is 4.27. The number of hydrogen-bond acceptors (Lipinski definition) is 2. The Hall–Kier alpha value is -0.660. The van der Waals surface area contributed by atoms with E-state index in [1.807, 2.05) is 20.8 Å². The lowest BCUT2D eigenvalue weighted by molar-refractivity contribution is -0.123. The van der Waals surface area contributed by atoms with Crippen molar-refractivity contribution in [2.45, 2.75) is 40.0 Å². The molecule has 0 atom stereocenters. The van der Waals surface area contributed by atoms with E-state index in [9.17, 15) is 9.59 Å². The van der Waals surface area contributed by atoms with Crippen LogP contribution in [-0.4, -0.2) is 12.1 Å². The van der Waals surface area contributed by atoms with E-state index in [4.69, 9.17) is 0 Å². The van der Waals surface area contributed by atoms with Crippen LogP contribution in [0.15, 0.2) is 0 Å². The second-order valence-electron chi connectivity index (χ2n) is 3.60. The molecule has 0 aliphatic heterocycles. The summed E-state index contributed by atoms with van der Waals surface area (Å²) in [5.41, 5.74) is 0.0556. The lowest BCUT2D eigenvalue weighted by atomic mass is 9.84. The Kier molecular flexibility index (Phi) is 4.01. The van der Waals surface area contributed by atoms with E-state index < -0.39 is 0 Å². The van der Waals surface area contributed by atoms with Crippen LogP contribution in [0.1, 0.15) is 40.0 Å². The van der Waals surface area contributed by atoms with E-state index in [1.165, 1.54) is 0 Å². The van der Waals surface area contributed by atoms with Crippen molar-refractivity contribution in [1.82, 2.24) is 0 Å². The predicted octanol–water partition coefficient (Wildman–Crippen LogP) is 1.97. The van der Waals surface area contributed by atoms with Gasteiger partial charge in [0.1, 0.15) is 12.1 Å². The highest BCUT2D eigenvalue weighted by molar-refractivity contribution is 5.89. The van der Waals surface area contributed by atoms with Crippen LogP contribution in [0.5, 0.6) is 0 Å². The van der Waals surface area contributed by atoms with Crippen LogP contribution in [0.2, 0.25) is 0 Å². The maximum Gasteiger partial charge on any atom is 0.140 e. The quantitative estimate of drug-likeness (QED) is 0.450. The van der Waals surface area contributed by atoms with E-state index in [0.29, 0.717) is 12.7 Å². The Bertz CT molecular complexity index is 148. The molecule has 0 heterocycles. The monoisotopic (exact) mass is 156 g/mol. The van der Waals surface area contributed by atoms with Gasteiger partial charge in [0.25, 0.3) is 0 Å². The molecule has 0 aromatic carbocycles. The van der Waals surface area contributed by atoms with Gasteiger partial charge in [-0.05, 0) is 5.41 Å². The van der Waals surface area contributed by atoms with Crippen molar-refractivity contribution < 1.29 is 9.59 Å². The third-order valence-electron chi connectivity index (χ3n) is 1.94. The molecule has 0 aliphatic carbocycles. The average Bonchev–Trinajstić information content (AvgIpc) is 1.87. The summed E-state index contributed by atoms with van der Waals surface area (Å²) in [6, 6.07) is 0. The largest absolute Gasteiger partial charge is 0.303 e. The molecule has 0 amide bonds. The van der Waals surface area contributed by atoms with Crippen LogP contribution in [0.25, 0.3) is 0 Å². The molecule has 0 aromatic rings. The summed E-state index contributed by atoms with van der Waals surface area (Å²) < 4.78 is 0. The molecule has 0 rings (SSSR count). The van der Waals surface area contributed by atoms with Gasteiger partial charge in [-0.3, -0.25) is 4.79 Å². The minimum Gasteiger partial charge on any atom is -0.303 e. The van der Waals surface area contributed by atoms with Crippen LogP contribution in [0.4, 0.5) is 0 Å². The number of carbonyl (C=O) groups excluding carboxylic acids is 2. The maximum atomic E-state index is 11.0. The normalized spacial score (nSPS) is 11.2. The number of Topliss-reactive ketones (excluding diaryl/α,β-unsaturated/α-hetero) is 1. The summed E-state index contributed by atoms with van der Waals surface area (Å²) in [7, 11) is 0. The Balaban J connectivity index is 3.82. The minimum atomic E-state index is 0.0480. The Morgan fingerprint density at radius 2 is 2.00 bits per heavy atom. The molecule has 0 fully saturated rings. The highest BCUT2D eigenvalue weighted by Gasteiger charge is 2.18. The van der Waals surface area contributed by atoms with Gasteiger partial charge < -0.3 is 4.79 Å². The van der Waals surface area contributed by atoms with E-state index in [1.54, 1.807) is 0 Å². The summed E-state index contributed by atoms with van der Waals surface area (Å²) in [5.74, 6) is 0.0480. The molecule has 64 valence electrons. The van der Waals surface area contributed by atoms with Crippen LogP contribution in [-0.2, 0) is 9.59 Å². The Morgan fingerprint density at radius 3 is 2.36 bits per heavy atom. The summed E-state index contributed by atoms with van der Waals surface area (Å²) in [6.45, 7) is 6.12. The molecule has 11 heavy (non-hydrogen) atoms. The Morgan fingerprint density at radius 1 is 1.45 bits per heavy atom. The van der Waals surface area contributed by atoms with Crippen LogP contribution in [0, 0.1) is 5.41 Å². The zero-order chi connectivity index (χ0) is 8.91. The van der Waals surface area contributed by atoms with E-state index in [-0.39, 0.29) is 17.6 Å². The Labute approximate surface area is 68.0 Å². The summed E-state index contributed by atoms with van der Waals surface area (Å²) >= 11 is 0. The molecule has 0 radical (unpaired) electrons. The van der Waals surface area contributed by atoms with Crippen molar-refractivity contribution in [2.75, 3.05) is 0 Å². The van der Waals surface area contributed by atoms with E-state index >= 15 is 0 Å². The molecule has 0 unspecified atom stereocenters. The second-order valence-corrected chi connectivity index (χ2v) is 3.60. The van der Waals surface area contributed by atoms with Crippen LogP contribution < -0.4 is 0 Å². The highest BCUT2D eigenvalue weighted by atomic mass is 16.1. The molecule has 0 aromatic heterocycles. The predicted molar refractivity (Wildman–Crippen MR) is 44.4 cm³/mol. The molecule has 0 N–H and O–H groups in total. The number of rotatable bonds is 5. The lowest BCUT2D eigenvalue weighted by Crippen LogP contribution is -2.15. The molecular formula is C9H16O2. The zero-order valence-corrected chi connectivity index (χ0v) is 7.52. The van der Waals surface area contributed by atoms with Gasteiger partial charge in [-0.15, -0.1) is 0 Å². The fourth-order valence-electron chi connectivity index (χ4n) is 0.824. The van der Waals surface area contributed by atoms with Crippen molar-refractivity contribution in [3.63, 3.8) is 0 Å². The van der Waals surface area contributed by atoms with Gasteiger partial charge in [-0.2, -0.15) is 0 Å². The van der Waals surface area contributed by atoms with Gasteiger partial charge in [0.15, 0.2) is 0 Å². The first-order valence-electron chi connectivity index (χ1n) is 3.97. The molecule has 0 bridgehead atoms. The fourth-order valence-corrected chi connectivity index (χ4v) is 0.824. The first-order valence-corrected chi connectivity index (χ1v) is 3.97. The average molecular weight is 156 g/mol. The number of ketones is 1. The molecule has 0 aliphatic rings. The molecular weight excluding hydrogens is 140 g/mol. The van der Waals surface area contributed by atoms with Crippen molar-refractivity contribution >= 4 is 12.1 Å². The maximum absolute atomic E-state index is 11.0. The van der Waals surface area contributed by atoms with Crippen LogP contribution >= 0.6 is 0 Å². The van der Waals surface area contributed by atoms with Gasteiger partial charge in [-0.25, -0.2) is 0 Å². The minimum absolute atomic E-state index is 0.0480. The smallest absolute Gasteiger partial charge is 0.140 e. The number of carbonyl (C=O) groups is 2. The van der Waals surface area contributed by atoms with Gasteiger partial charge in [-0.1, -0.05) is 27.2 Å². The molecule has 0 saturated heterocycles. The van der Waals surface area contributed by atoms with Crippen molar-refractivity contribution in [3.05, 3.63) is 0 Å². The van der Waals surface area contributed by atoms with Crippen molar-refractivity contribution in [3.8, 4) is 0 Å². The first kappa shape index (κ1) is 10.3. The topological polar surface area (TPSA) is 34.1 Å². The summed E-state index contributed by atoms with van der Waals surface area (Å²) in [5, 5.41) is 0. The highest BCUT2D eigenvalue weighted by Crippen LogP contribution is 2.24. The van der Waals surface area contributed by atoms with E-state index in [2.05, 4.69) is 0 Å². The number of aldehydes is 1. The van der Waals surface area contributed by atoms with Crippen molar-refractivity contribution in [2.24, 2.45) is 5.41 Å². The van der Waals surface area contributed by atoms with Gasteiger partial charge in [0.05, 0.1) is 6.42 Å². The lowest BCUT2D eigenvalue weighted by Gasteiger charge is -2.20. The van der Waals surface area contributed by atoms with Gasteiger partial charge in [0, 0.05) is 6.42 Å². The van der Waals surface area contributed by atoms with Gasteiger partial charge >= 0.3 is 0 Å². The molecule has 0 spiro atoms. The zero-order valence-electron chi connectivity index (χ0n) is 7.52. The fraction of sp³-hybridized carbons (Fsp3) is 0.778. The summed E-state index contributed by atoms with van der Waals surface area (Å²) in [6.07, 6.45) is 2.23. The standard InChI is InChI=1S/C9H16O2/c1-4-9(2,3)7-8(11)5-6-10/h6H,4-5,7H2,1-3H3. The SMILES string of the molecule is CCC(C)(C)CC(=O)CC=O. The van der Waals surface area contributed by atoms with Crippen molar-refractivity contribution in [1.29, 1.82) is 0 Å². The van der Waals surface area contributed by atoms with Crippen LogP contribution in [0.3, 0.4) is 0 Å². The molecule has 2 heteroatoms. The van der Waals surface area contributed by atoms with Gasteiger partial charge in [0.2, 0.25) is 0 Å². The third kappa shape index (κ3) is 4.71.